The predicted molar refractivity (Wildman–Crippen MR) is 226 cm³/mol. The molecule has 2 amide bonds. The Morgan fingerprint density at radius 1 is 0.651 bits per heavy atom. The summed E-state index contributed by atoms with van der Waals surface area (Å²) >= 11 is 0. The zero-order chi connectivity index (χ0) is 45.3. The van der Waals surface area contributed by atoms with Gasteiger partial charge in [0.05, 0.1) is 53.1 Å². The molecule has 2 aliphatic carbocycles. The summed E-state index contributed by atoms with van der Waals surface area (Å²) in [7, 11) is 1.25. The molecule has 6 aromatic rings. The molecule has 8 rings (SSSR count). The molecule has 0 saturated carbocycles. The third kappa shape index (κ3) is 8.35. The van der Waals surface area contributed by atoms with Gasteiger partial charge in [0.15, 0.2) is 13.2 Å². The van der Waals surface area contributed by atoms with Gasteiger partial charge in [-0.15, -0.1) is 0 Å². The van der Waals surface area contributed by atoms with Gasteiger partial charge in [-0.25, -0.2) is 18.4 Å². The van der Waals surface area contributed by atoms with Gasteiger partial charge in [0.1, 0.15) is 23.1 Å². The summed E-state index contributed by atoms with van der Waals surface area (Å²) in [6.07, 6.45) is 4.90. The highest BCUT2D eigenvalue weighted by Gasteiger charge is 2.32. The summed E-state index contributed by atoms with van der Waals surface area (Å²) in [5, 5.41) is 9.84. The van der Waals surface area contributed by atoms with Crippen LogP contribution < -0.4 is 20.9 Å². The number of halogens is 2. The number of amides is 2. The third-order valence-electron chi connectivity index (χ3n) is 11.6. The Morgan fingerprint density at radius 2 is 1.06 bits per heavy atom. The summed E-state index contributed by atoms with van der Waals surface area (Å²) in [5.74, 6) is -5.98. The lowest BCUT2D eigenvalue weighted by Gasteiger charge is -2.14. The minimum atomic E-state index is -1.17. The fourth-order valence-corrected chi connectivity index (χ4v) is 8.79. The third-order valence-corrected chi connectivity index (χ3v) is 11.6. The molecule has 5 N–H and O–H groups in total. The van der Waals surface area contributed by atoms with E-state index in [1.54, 1.807) is 66.9 Å². The van der Waals surface area contributed by atoms with E-state index in [1.165, 1.54) is 19.2 Å². The molecule has 0 unspecified atom stereocenters. The topological polar surface area (TPSA) is 212 Å². The largest absolute Gasteiger partial charge is 0.481 e. The Labute approximate surface area is 359 Å². The molecule has 14 nitrogen and oxygen atoms in total. The van der Waals surface area contributed by atoms with Crippen LogP contribution in [0.1, 0.15) is 78.3 Å². The summed E-state index contributed by atoms with van der Waals surface area (Å²) in [5.41, 5.74) is 18.0. The van der Waals surface area contributed by atoms with Gasteiger partial charge in [0, 0.05) is 22.5 Å². The van der Waals surface area contributed by atoms with E-state index in [4.69, 9.17) is 26.0 Å². The molecule has 63 heavy (non-hydrogen) atoms. The molecule has 0 fully saturated rings. The lowest BCUT2D eigenvalue weighted by atomic mass is 10.0. The molecule has 4 aromatic carbocycles. The Morgan fingerprint density at radius 3 is 1.44 bits per heavy atom. The Hall–Kier alpha value is -7.36. The number of hydrogen-bond donors (Lipinski definition) is 3. The van der Waals surface area contributed by atoms with Crippen molar-refractivity contribution in [2.75, 3.05) is 20.3 Å². The number of carboxylic acids is 1. The second-order valence-corrected chi connectivity index (χ2v) is 15.4. The van der Waals surface area contributed by atoms with E-state index in [0.717, 1.165) is 60.8 Å². The first-order chi connectivity index (χ1) is 30.1. The number of carbonyl (C=O) groups is 6. The van der Waals surface area contributed by atoms with Crippen LogP contribution in [0.15, 0.2) is 60.7 Å². The molecule has 0 atom stereocenters. The number of nitrogens with zero attached hydrogens (tertiary/aromatic N) is 2. The van der Waals surface area contributed by atoms with E-state index < -0.39 is 41.9 Å². The van der Waals surface area contributed by atoms with Crippen LogP contribution >= 0.6 is 0 Å². The monoisotopic (exact) mass is 862 g/mol. The number of Topliss-reactive ketones (excluding diaryl/α,β-unsaturated/α-hetero) is 2. The van der Waals surface area contributed by atoms with Crippen molar-refractivity contribution < 1.29 is 56.9 Å². The molecule has 2 heterocycles. The lowest BCUT2D eigenvalue weighted by Crippen LogP contribution is -2.24. The van der Waals surface area contributed by atoms with Crippen molar-refractivity contribution in [3.8, 4) is 11.5 Å². The van der Waals surface area contributed by atoms with Crippen LogP contribution in [0, 0.1) is 25.5 Å². The van der Waals surface area contributed by atoms with Crippen LogP contribution in [0.2, 0.25) is 0 Å². The van der Waals surface area contributed by atoms with Gasteiger partial charge in [-0.1, -0.05) is 36.4 Å². The van der Waals surface area contributed by atoms with Gasteiger partial charge in [0.25, 0.3) is 23.4 Å². The first-order valence-corrected chi connectivity index (χ1v) is 20.2. The normalized spacial score (nSPS) is 12.7. The van der Waals surface area contributed by atoms with Gasteiger partial charge < -0.3 is 39.9 Å². The van der Waals surface area contributed by atoms with E-state index >= 15 is 0 Å². The van der Waals surface area contributed by atoms with Crippen molar-refractivity contribution in [1.29, 1.82) is 0 Å². The zero-order valence-electron chi connectivity index (χ0n) is 34.8. The van der Waals surface area contributed by atoms with Crippen molar-refractivity contribution in [2.45, 2.75) is 65.5 Å². The van der Waals surface area contributed by atoms with Crippen LogP contribution in [0.3, 0.4) is 0 Å². The van der Waals surface area contributed by atoms with Crippen molar-refractivity contribution in [3.63, 3.8) is 0 Å². The smallest absolute Gasteiger partial charge is 0.343 e. The van der Waals surface area contributed by atoms with Crippen molar-refractivity contribution in [2.24, 2.45) is 11.5 Å². The van der Waals surface area contributed by atoms with E-state index in [9.17, 15) is 37.5 Å². The van der Waals surface area contributed by atoms with E-state index in [1.807, 2.05) is 4.57 Å². The maximum atomic E-state index is 14.5. The van der Waals surface area contributed by atoms with E-state index in [-0.39, 0.29) is 48.2 Å². The number of esters is 1. The van der Waals surface area contributed by atoms with Gasteiger partial charge in [0.2, 0.25) is 0 Å². The number of primary amides is 2. The van der Waals surface area contributed by atoms with Gasteiger partial charge in [-0.05, 0) is 98.9 Å². The molecule has 0 saturated heterocycles. The summed E-state index contributed by atoms with van der Waals surface area (Å²) in [4.78, 5) is 72.1. The molecular formula is C47H44F2N4O10. The van der Waals surface area contributed by atoms with Gasteiger partial charge >= 0.3 is 11.9 Å². The minimum Gasteiger partial charge on any atom is -0.481 e. The van der Waals surface area contributed by atoms with Crippen molar-refractivity contribution in [1.82, 2.24) is 9.13 Å². The van der Waals surface area contributed by atoms with Crippen LogP contribution in [-0.2, 0) is 62.7 Å². The highest BCUT2D eigenvalue weighted by molar-refractivity contribution is 6.46. The molecule has 0 spiro atoms. The van der Waals surface area contributed by atoms with Gasteiger partial charge in [-0.3, -0.25) is 19.2 Å². The number of carbonyl (C=O) groups excluding carboxylic acids is 5. The first kappa shape index (κ1) is 43.7. The van der Waals surface area contributed by atoms with Crippen molar-refractivity contribution >= 4 is 57.1 Å². The number of aliphatic carboxylic acids is 1. The minimum absolute atomic E-state index is 0.0638. The Balaban J connectivity index is 0.000000189. The summed E-state index contributed by atoms with van der Waals surface area (Å²) < 4.78 is 48.5. The number of aromatic nitrogens is 2. The predicted octanol–water partition coefficient (Wildman–Crippen LogP) is 5.60. The van der Waals surface area contributed by atoms with Crippen molar-refractivity contribution in [3.05, 3.63) is 128 Å². The highest BCUT2D eigenvalue weighted by atomic mass is 19.1. The average molecular weight is 863 g/mol. The summed E-state index contributed by atoms with van der Waals surface area (Å²) in [6, 6.07) is 16.3. The number of carboxylic acid groups (broad SMARTS) is 1. The second kappa shape index (κ2) is 17.9. The van der Waals surface area contributed by atoms with Crippen LogP contribution in [0.25, 0.3) is 21.8 Å². The fraction of sp³-hybridized carbons (Fsp3) is 0.277. The molecule has 0 radical (unpaired) electrons. The number of rotatable bonds is 14. The Bertz CT molecular complexity index is 2890. The number of fused-ring (bicyclic) bond motifs is 6. The standard InChI is InChI=1S/C24H23FN2O5.C23H21FN2O5/c1-13-20(23(29)24(26)30)21-18(32-12-19(28)31-2)10-14-7-5-8-16(14)22(21)27(13)11-15-6-3-4-9-17(15)25;1-12-19(22(29)23(25)30)20-17(31-11-18(27)28)9-13-6-4-7-15(13)21(20)26(12)10-14-5-2-3-8-16(14)24/h3-4,6,9-10H,5,7-8,11-12H2,1-2H3,(H2,26,30);2-3,5,8-9H,4,6-7,10-11H2,1H3,(H2,25,30)(H,27,28). The van der Waals surface area contributed by atoms with Crippen LogP contribution in [-0.4, -0.2) is 69.9 Å². The lowest BCUT2D eigenvalue weighted by molar-refractivity contribution is -0.143. The SMILES string of the molecule is COC(=O)COc1cc2c(c3c1c(C(=O)C(N)=O)c(C)n3Cc1ccccc1F)CCC2.Cc1c(C(=O)C(N)=O)c2c(OCC(=O)O)cc3c(c2n1Cc1ccccc1F)CCC3. The number of nitrogens with two attached hydrogens (primary N) is 2. The van der Waals surface area contributed by atoms with E-state index in [0.29, 0.717) is 50.1 Å². The summed E-state index contributed by atoms with van der Waals surface area (Å²) in [6.45, 7) is 2.70. The quantitative estimate of drug-likeness (QED) is 0.0701. The van der Waals surface area contributed by atoms with Crippen LogP contribution in [0.4, 0.5) is 8.78 Å². The molecular weight excluding hydrogens is 819 g/mol. The number of ether oxygens (including phenoxy) is 3. The van der Waals surface area contributed by atoms with Gasteiger partial charge in [-0.2, -0.15) is 0 Å². The first-order valence-electron chi connectivity index (χ1n) is 20.2. The second-order valence-electron chi connectivity index (χ2n) is 15.4. The Kier molecular flexibility index (Phi) is 12.4. The number of methoxy groups -OCH3 is 1. The molecule has 2 aliphatic rings. The zero-order valence-corrected chi connectivity index (χ0v) is 34.8. The fourth-order valence-electron chi connectivity index (χ4n) is 8.79. The molecule has 16 heteroatoms. The molecule has 0 bridgehead atoms. The molecule has 0 aliphatic heterocycles. The average Bonchev–Trinajstić information content (AvgIpc) is 4.04. The number of benzene rings is 4. The van der Waals surface area contributed by atoms with E-state index in [2.05, 4.69) is 4.74 Å². The number of hydrogen-bond acceptors (Lipinski definition) is 9. The number of aryl methyl sites for hydroxylation is 4. The molecule has 2 aromatic heterocycles. The van der Waals surface area contributed by atoms with Crippen LogP contribution in [0.5, 0.6) is 11.5 Å². The molecule has 326 valence electrons. The maximum Gasteiger partial charge on any atom is 0.343 e. The number of ketones is 2. The maximum absolute atomic E-state index is 14.5. The highest BCUT2D eigenvalue weighted by Crippen LogP contribution is 2.43.